The highest BCUT2D eigenvalue weighted by Crippen LogP contribution is 2.27. The summed E-state index contributed by atoms with van der Waals surface area (Å²) in [6.45, 7) is 0.886. The van der Waals surface area contributed by atoms with Crippen molar-refractivity contribution in [1.29, 1.82) is 0 Å². The third kappa shape index (κ3) is 3.46. The van der Waals surface area contributed by atoms with Crippen molar-refractivity contribution in [3.05, 3.63) is 34.9 Å². The van der Waals surface area contributed by atoms with Gasteiger partial charge < -0.3 is 15.6 Å². The van der Waals surface area contributed by atoms with Gasteiger partial charge in [0.2, 0.25) is 0 Å². The van der Waals surface area contributed by atoms with Crippen LogP contribution in [0.4, 0.5) is 0 Å². The van der Waals surface area contributed by atoms with E-state index in [1.54, 1.807) is 7.11 Å². The SMILES string of the molecule is COCCC(O)C(CN)c1ccccc1Cl. The Morgan fingerprint density at radius 2 is 2.12 bits per heavy atom. The maximum absolute atomic E-state index is 10.00. The molecule has 3 N–H and O–H groups in total. The number of hydrogen-bond acceptors (Lipinski definition) is 3. The van der Waals surface area contributed by atoms with Crippen molar-refractivity contribution in [3.63, 3.8) is 0 Å². The van der Waals surface area contributed by atoms with Crippen LogP contribution in [0.15, 0.2) is 24.3 Å². The number of nitrogens with two attached hydrogens (primary N) is 1. The van der Waals surface area contributed by atoms with E-state index >= 15 is 0 Å². The van der Waals surface area contributed by atoms with Crippen LogP contribution in [0.3, 0.4) is 0 Å². The van der Waals surface area contributed by atoms with Gasteiger partial charge in [0.25, 0.3) is 0 Å². The fourth-order valence-corrected chi connectivity index (χ4v) is 1.98. The second-order valence-electron chi connectivity index (χ2n) is 3.71. The average Bonchev–Trinajstić information content (AvgIpc) is 2.30. The molecule has 2 unspecified atom stereocenters. The molecule has 4 heteroatoms. The maximum atomic E-state index is 10.00. The summed E-state index contributed by atoms with van der Waals surface area (Å²) in [5.41, 5.74) is 6.59. The van der Waals surface area contributed by atoms with E-state index in [1.807, 2.05) is 24.3 Å². The summed E-state index contributed by atoms with van der Waals surface area (Å²) in [6.07, 6.45) is 0.0358. The normalized spacial score (nSPS) is 14.8. The van der Waals surface area contributed by atoms with E-state index in [0.29, 0.717) is 24.6 Å². The molecule has 0 amide bonds. The van der Waals surface area contributed by atoms with Gasteiger partial charge in [-0.15, -0.1) is 0 Å². The van der Waals surface area contributed by atoms with Crippen LogP contribution in [0, 0.1) is 0 Å². The lowest BCUT2D eigenvalue weighted by Crippen LogP contribution is -2.27. The fourth-order valence-electron chi connectivity index (χ4n) is 1.71. The van der Waals surface area contributed by atoms with Gasteiger partial charge in [0.1, 0.15) is 0 Å². The molecular formula is C12H18ClNO2. The summed E-state index contributed by atoms with van der Waals surface area (Å²) in [5, 5.41) is 10.6. The van der Waals surface area contributed by atoms with Gasteiger partial charge in [-0.25, -0.2) is 0 Å². The number of aliphatic hydroxyl groups excluding tert-OH is 1. The molecule has 0 aliphatic rings. The van der Waals surface area contributed by atoms with Crippen molar-refractivity contribution >= 4 is 11.6 Å². The van der Waals surface area contributed by atoms with Crippen LogP contribution in [0.2, 0.25) is 5.02 Å². The number of methoxy groups -OCH3 is 1. The van der Waals surface area contributed by atoms with Crippen LogP contribution in [-0.4, -0.2) is 31.5 Å². The van der Waals surface area contributed by atoms with Crippen LogP contribution in [0.5, 0.6) is 0 Å². The van der Waals surface area contributed by atoms with Crippen molar-refractivity contribution < 1.29 is 9.84 Å². The van der Waals surface area contributed by atoms with Crippen LogP contribution < -0.4 is 5.73 Å². The number of aliphatic hydroxyl groups is 1. The minimum Gasteiger partial charge on any atom is -0.392 e. The molecular weight excluding hydrogens is 226 g/mol. The predicted molar refractivity (Wildman–Crippen MR) is 65.7 cm³/mol. The highest BCUT2D eigenvalue weighted by Gasteiger charge is 2.21. The van der Waals surface area contributed by atoms with E-state index in [1.165, 1.54) is 0 Å². The van der Waals surface area contributed by atoms with Crippen LogP contribution in [-0.2, 0) is 4.74 Å². The van der Waals surface area contributed by atoms with E-state index < -0.39 is 6.10 Å². The minimum atomic E-state index is -0.523. The molecule has 0 radical (unpaired) electrons. The van der Waals surface area contributed by atoms with Crippen molar-refractivity contribution in [1.82, 2.24) is 0 Å². The van der Waals surface area contributed by atoms with E-state index in [4.69, 9.17) is 22.1 Å². The summed E-state index contributed by atoms with van der Waals surface area (Å²) in [6, 6.07) is 7.46. The number of benzene rings is 1. The third-order valence-corrected chi connectivity index (χ3v) is 2.99. The van der Waals surface area contributed by atoms with E-state index in [2.05, 4.69) is 0 Å². The number of halogens is 1. The molecule has 0 saturated carbocycles. The maximum Gasteiger partial charge on any atom is 0.0643 e. The lowest BCUT2D eigenvalue weighted by Gasteiger charge is -2.22. The molecule has 0 bridgehead atoms. The number of hydrogen-bond donors (Lipinski definition) is 2. The Morgan fingerprint density at radius 1 is 1.44 bits per heavy atom. The second-order valence-corrected chi connectivity index (χ2v) is 4.12. The van der Waals surface area contributed by atoms with Gasteiger partial charge in [-0.1, -0.05) is 29.8 Å². The molecule has 0 aromatic heterocycles. The van der Waals surface area contributed by atoms with Gasteiger partial charge in [0.05, 0.1) is 6.10 Å². The van der Waals surface area contributed by atoms with Gasteiger partial charge in [0.15, 0.2) is 0 Å². The zero-order valence-corrected chi connectivity index (χ0v) is 10.2. The Hall–Kier alpha value is -0.610. The molecule has 0 saturated heterocycles. The van der Waals surface area contributed by atoms with Crippen molar-refractivity contribution in [2.24, 2.45) is 5.73 Å². The summed E-state index contributed by atoms with van der Waals surface area (Å²) in [7, 11) is 1.61. The molecule has 90 valence electrons. The Morgan fingerprint density at radius 3 is 2.69 bits per heavy atom. The first-order valence-electron chi connectivity index (χ1n) is 5.32. The molecule has 0 fully saturated rings. The average molecular weight is 244 g/mol. The summed E-state index contributed by atoms with van der Waals surface area (Å²) in [5.74, 6) is -0.135. The Bertz CT molecular complexity index is 320. The van der Waals surface area contributed by atoms with Gasteiger partial charge >= 0.3 is 0 Å². The summed E-state index contributed by atoms with van der Waals surface area (Å²) in [4.78, 5) is 0. The van der Waals surface area contributed by atoms with Gasteiger partial charge in [0, 0.05) is 31.2 Å². The molecule has 0 heterocycles. The Balaban J connectivity index is 2.77. The monoisotopic (exact) mass is 243 g/mol. The minimum absolute atomic E-state index is 0.135. The van der Waals surface area contributed by atoms with Crippen molar-refractivity contribution in [2.45, 2.75) is 18.4 Å². The van der Waals surface area contributed by atoms with E-state index in [-0.39, 0.29) is 5.92 Å². The standard InChI is InChI=1S/C12H18ClNO2/c1-16-7-6-12(15)10(8-14)9-4-2-3-5-11(9)13/h2-5,10,12,15H,6-8,14H2,1H3. The Labute approximate surface area is 101 Å². The zero-order valence-electron chi connectivity index (χ0n) is 9.40. The molecule has 1 aromatic carbocycles. The highest BCUT2D eigenvalue weighted by molar-refractivity contribution is 6.31. The molecule has 16 heavy (non-hydrogen) atoms. The first-order valence-corrected chi connectivity index (χ1v) is 5.70. The predicted octanol–water partition coefficient (Wildman–Crippen LogP) is 1.78. The highest BCUT2D eigenvalue weighted by atomic mass is 35.5. The second kappa shape index (κ2) is 6.86. The summed E-state index contributed by atoms with van der Waals surface area (Å²) < 4.78 is 4.94. The molecule has 1 rings (SSSR count). The lowest BCUT2D eigenvalue weighted by atomic mass is 9.92. The molecule has 1 aromatic rings. The zero-order chi connectivity index (χ0) is 12.0. The fraction of sp³-hybridized carbons (Fsp3) is 0.500. The molecule has 0 aliphatic heterocycles. The molecule has 2 atom stereocenters. The van der Waals surface area contributed by atoms with Crippen molar-refractivity contribution in [3.8, 4) is 0 Å². The topological polar surface area (TPSA) is 55.5 Å². The van der Waals surface area contributed by atoms with E-state index in [0.717, 1.165) is 5.56 Å². The third-order valence-electron chi connectivity index (χ3n) is 2.64. The lowest BCUT2D eigenvalue weighted by molar-refractivity contribution is 0.0920. The largest absolute Gasteiger partial charge is 0.392 e. The van der Waals surface area contributed by atoms with Crippen LogP contribution >= 0.6 is 11.6 Å². The molecule has 0 spiro atoms. The first-order chi connectivity index (χ1) is 7.70. The van der Waals surface area contributed by atoms with E-state index in [9.17, 15) is 5.11 Å². The molecule has 3 nitrogen and oxygen atoms in total. The quantitative estimate of drug-likeness (QED) is 0.801. The smallest absolute Gasteiger partial charge is 0.0643 e. The molecule has 0 aliphatic carbocycles. The van der Waals surface area contributed by atoms with Gasteiger partial charge in [-0.3, -0.25) is 0 Å². The number of ether oxygens (including phenoxy) is 1. The van der Waals surface area contributed by atoms with Crippen molar-refractivity contribution in [2.75, 3.05) is 20.3 Å². The van der Waals surface area contributed by atoms with Gasteiger partial charge in [-0.05, 0) is 18.1 Å². The summed E-state index contributed by atoms with van der Waals surface area (Å²) >= 11 is 6.08. The van der Waals surface area contributed by atoms with Crippen LogP contribution in [0.25, 0.3) is 0 Å². The first kappa shape index (κ1) is 13.5. The Kier molecular flexibility index (Phi) is 5.77. The van der Waals surface area contributed by atoms with Gasteiger partial charge in [-0.2, -0.15) is 0 Å². The number of rotatable bonds is 6. The van der Waals surface area contributed by atoms with Crippen LogP contribution in [0.1, 0.15) is 17.9 Å².